The van der Waals surface area contributed by atoms with Gasteiger partial charge in [-0.15, -0.1) is 0 Å². The van der Waals surface area contributed by atoms with E-state index in [0.717, 1.165) is 5.57 Å². The summed E-state index contributed by atoms with van der Waals surface area (Å²) in [4.78, 5) is 22.6. The zero-order valence-corrected chi connectivity index (χ0v) is 8.28. The number of ketones is 2. The summed E-state index contributed by atoms with van der Waals surface area (Å²) in [6.07, 6.45) is 9.48. The summed E-state index contributed by atoms with van der Waals surface area (Å²) in [6.45, 7) is 3.51. The molecule has 0 fully saturated rings. The monoisotopic (exact) mass is 188 g/mol. The van der Waals surface area contributed by atoms with Gasteiger partial charge in [0.05, 0.1) is 0 Å². The van der Waals surface area contributed by atoms with Gasteiger partial charge in [0.1, 0.15) is 0 Å². The first-order valence-corrected chi connectivity index (χ1v) is 4.39. The normalized spacial score (nSPS) is 29.9. The Bertz CT molecular complexity index is 379. The maximum atomic E-state index is 11.3. The van der Waals surface area contributed by atoms with Crippen LogP contribution in [0, 0.1) is 0 Å². The number of carbonyl (C=O) groups is 2. The molecule has 0 radical (unpaired) electrons. The highest BCUT2D eigenvalue weighted by Gasteiger charge is 2.02. The van der Waals surface area contributed by atoms with E-state index in [1.54, 1.807) is 25.2 Å². The molecule has 0 heterocycles. The lowest BCUT2D eigenvalue weighted by atomic mass is 10.1. The quantitative estimate of drug-likeness (QED) is 0.583. The van der Waals surface area contributed by atoms with Crippen LogP contribution in [0.1, 0.15) is 13.8 Å². The van der Waals surface area contributed by atoms with Crippen molar-refractivity contribution in [2.75, 3.05) is 0 Å². The van der Waals surface area contributed by atoms with E-state index in [1.807, 2.05) is 6.92 Å². The van der Waals surface area contributed by atoms with E-state index in [4.69, 9.17) is 0 Å². The minimum Gasteiger partial charge on any atom is -0.290 e. The molecule has 0 aromatic carbocycles. The van der Waals surface area contributed by atoms with Gasteiger partial charge in [-0.2, -0.15) is 0 Å². The first kappa shape index (κ1) is 10.4. The first-order chi connectivity index (χ1) is 6.59. The lowest BCUT2D eigenvalue weighted by molar-refractivity contribution is -0.113. The molecule has 0 saturated carbocycles. The Morgan fingerprint density at radius 3 is 2.43 bits per heavy atom. The SMILES string of the molecule is CC1=C/C=C/C(=O)/C(C)=C\C(=O)\C=C\1. The summed E-state index contributed by atoms with van der Waals surface area (Å²) < 4.78 is 0. The molecule has 1 aliphatic carbocycles. The lowest BCUT2D eigenvalue weighted by Crippen LogP contribution is -1.98. The van der Waals surface area contributed by atoms with E-state index in [2.05, 4.69) is 0 Å². The molecule has 0 saturated heterocycles. The predicted molar refractivity (Wildman–Crippen MR) is 55.8 cm³/mol. The Morgan fingerprint density at radius 1 is 1.00 bits per heavy atom. The Balaban J connectivity index is 3.07. The highest BCUT2D eigenvalue weighted by Crippen LogP contribution is 2.03. The average Bonchev–Trinajstić information content (AvgIpc) is 2.13. The van der Waals surface area contributed by atoms with E-state index >= 15 is 0 Å². The van der Waals surface area contributed by atoms with Crippen molar-refractivity contribution in [3.05, 3.63) is 47.6 Å². The Morgan fingerprint density at radius 2 is 1.71 bits per heavy atom. The average molecular weight is 188 g/mol. The number of allylic oxidation sites excluding steroid dienone is 8. The van der Waals surface area contributed by atoms with Crippen molar-refractivity contribution in [1.29, 1.82) is 0 Å². The highest BCUT2D eigenvalue weighted by molar-refractivity contribution is 6.10. The van der Waals surface area contributed by atoms with Crippen molar-refractivity contribution in [2.45, 2.75) is 13.8 Å². The highest BCUT2D eigenvalue weighted by atomic mass is 16.1. The molecule has 0 aliphatic heterocycles. The van der Waals surface area contributed by atoms with Crippen LogP contribution in [0.5, 0.6) is 0 Å². The van der Waals surface area contributed by atoms with Gasteiger partial charge in [-0.1, -0.05) is 23.8 Å². The van der Waals surface area contributed by atoms with Crippen LogP contribution >= 0.6 is 0 Å². The van der Waals surface area contributed by atoms with E-state index < -0.39 is 0 Å². The van der Waals surface area contributed by atoms with Crippen LogP contribution < -0.4 is 0 Å². The van der Waals surface area contributed by atoms with Crippen LogP contribution in [0.2, 0.25) is 0 Å². The van der Waals surface area contributed by atoms with Crippen molar-refractivity contribution in [3.63, 3.8) is 0 Å². The number of rotatable bonds is 0. The van der Waals surface area contributed by atoms with Gasteiger partial charge in [0, 0.05) is 5.57 Å². The van der Waals surface area contributed by atoms with Crippen molar-refractivity contribution < 1.29 is 9.59 Å². The fraction of sp³-hybridized carbons (Fsp3) is 0.167. The molecule has 1 aliphatic rings. The third-order valence-corrected chi connectivity index (χ3v) is 1.86. The van der Waals surface area contributed by atoms with Crippen LogP contribution in [0.25, 0.3) is 0 Å². The van der Waals surface area contributed by atoms with Crippen LogP contribution in [-0.2, 0) is 9.59 Å². The molecule has 1 rings (SSSR count). The minimum absolute atomic E-state index is 0.127. The molecule has 0 unspecified atom stereocenters. The topological polar surface area (TPSA) is 34.1 Å². The summed E-state index contributed by atoms with van der Waals surface area (Å²) in [5, 5.41) is 0. The van der Waals surface area contributed by atoms with Gasteiger partial charge in [-0.05, 0) is 32.1 Å². The van der Waals surface area contributed by atoms with Crippen molar-refractivity contribution in [2.24, 2.45) is 0 Å². The molecule has 14 heavy (non-hydrogen) atoms. The van der Waals surface area contributed by atoms with Crippen LogP contribution in [0.3, 0.4) is 0 Å². The third kappa shape index (κ3) is 2.98. The van der Waals surface area contributed by atoms with Crippen molar-refractivity contribution >= 4 is 11.6 Å². The van der Waals surface area contributed by atoms with Crippen LogP contribution in [0.15, 0.2) is 47.6 Å². The molecule has 0 N–H and O–H groups in total. The summed E-state index contributed by atoms with van der Waals surface area (Å²) in [5.41, 5.74) is 1.40. The molecular weight excluding hydrogens is 176 g/mol. The van der Waals surface area contributed by atoms with E-state index in [0.29, 0.717) is 5.57 Å². The molecule has 2 heteroatoms. The predicted octanol–water partition coefficient (Wildman–Crippen LogP) is 2.14. The molecule has 72 valence electrons. The van der Waals surface area contributed by atoms with E-state index in [-0.39, 0.29) is 11.6 Å². The fourth-order valence-electron chi connectivity index (χ4n) is 1.02. The lowest BCUT2D eigenvalue weighted by Gasteiger charge is -1.95. The molecule has 0 atom stereocenters. The largest absolute Gasteiger partial charge is 0.290 e. The van der Waals surface area contributed by atoms with Crippen molar-refractivity contribution in [3.8, 4) is 0 Å². The molecule has 0 bridgehead atoms. The molecule has 0 spiro atoms. The van der Waals surface area contributed by atoms with Gasteiger partial charge in [-0.25, -0.2) is 0 Å². The van der Waals surface area contributed by atoms with Gasteiger partial charge >= 0.3 is 0 Å². The molecule has 0 aromatic rings. The van der Waals surface area contributed by atoms with Crippen LogP contribution in [0.4, 0.5) is 0 Å². The number of hydrogen-bond acceptors (Lipinski definition) is 2. The third-order valence-electron chi connectivity index (χ3n) is 1.86. The molecular formula is C12H12O2. The number of carbonyl (C=O) groups excluding carboxylic acids is 2. The molecule has 0 amide bonds. The smallest absolute Gasteiger partial charge is 0.181 e. The first-order valence-electron chi connectivity index (χ1n) is 4.39. The van der Waals surface area contributed by atoms with Gasteiger partial charge in [-0.3, -0.25) is 9.59 Å². The maximum Gasteiger partial charge on any atom is 0.181 e. The Hall–Kier alpha value is -1.70. The number of hydrogen-bond donors (Lipinski definition) is 0. The minimum atomic E-state index is -0.154. The van der Waals surface area contributed by atoms with E-state index in [1.165, 1.54) is 18.2 Å². The second-order valence-corrected chi connectivity index (χ2v) is 3.20. The summed E-state index contributed by atoms with van der Waals surface area (Å²) in [6, 6.07) is 0. The Labute approximate surface area is 83.3 Å². The summed E-state index contributed by atoms with van der Waals surface area (Å²) in [5.74, 6) is -0.281. The van der Waals surface area contributed by atoms with Gasteiger partial charge in [0.2, 0.25) is 0 Å². The standard InChI is InChI=1S/C12H12O2/c1-9-4-3-5-12(14)10(2)8-11(13)7-6-9/h3-8H,1-2H3/b5-3+,7-6+,9-4-,10-8-. The van der Waals surface area contributed by atoms with E-state index in [9.17, 15) is 9.59 Å². The zero-order valence-electron chi connectivity index (χ0n) is 8.28. The van der Waals surface area contributed by atoms with Gasteiger partial charge in [0.25, 0.3) is 0 Å². The molecule has 0 aromatic heterocycles. The summed E-state index contributed by atoms with van der Waals surface area (Å²) >= 11 is 0. The van der Waals surface area contributed by atoms with Crippen molar-refractivity contribution in [1.82, 2.24) is 0 Å². The fourth-order valence-corrected chi connectivity index (χ4v) is 1.02. The Kier molecular flexibility index (Phi) is 3.35. The maximum absolute atomic E-state index is 11.3. The van der Waals surface area contributed by atoms with Gasteiger partial charge in [0.15, 0.2) is 11.6 Å². The second kappa shape index (κ2) is 4.51. The zero-order chi connectivity index (χ0) is 10.6. The van der Waals surface area contributed by atoms with Crippen LogP contribution in [-0.4, -0.2) is 11.6 Å². The molecule has 2 nitrogen and oxygen atoms in total. The van der Waals surface area contributed by atoms with Gasteiger partial charge < -0.3 is 0 Å². The summed E-state index contributed by atoms with van der Waals surface area (Å²) in [7, 11) is 0. The second-order valence-electron chi connectivity index (χ2n) is 3.20.